The molecule has 1 rings (SSSR count). The van der Waals surface area contributed by atoms with Crippen molar-refractivity contribution < 1.29 is 23.9 Å². The van der Waals surface area contributed by atoms with Crippen LogP contribution in [-0.4, -0.2) is 55.2 Å². The normalized spacial score (nSPS) is 20.8. The number of nitrogens with zero attached hydrogens (tertiary/aromatic N) is 1. The Kier molecular flexibility index (Phi) is 7.48. The van der Waals surface area contributed by atoms with Crippen LogP contribution < -0.4 is 5.32 Å². The SMILES string of the molecule is CNC(C(=O)OC(C)OC(=O)N(C)C1CCCCC1=O)C(C)C. The van der Waals surface area contributed by atoms with Gasteiger partial charge in [-0.25, -0.2) is 4.79 Å². The highest BCUT2D eigenvalue weighted by molar-refractivity contribution is 5.87. The molecule has 1 aliphatic rings. The van der Waals surface area contributed by atoms with Crippen molar-refractivity contribution in [2.45, 2.75) is 64.8 Å². The first kappa shape index (κ1) is 19.4. The quantitative estimate of drug-likeness (QED) is 0.590. The van der Waals surface area contributed by atoms with Crippen molar-refractivity contribution in [2.75, 3.05) is 14.1 Å². The zero-order valence-electron chi connectivity index (χ0n) is 14.6. The van der Waals surface area contributed by atoms with Crippen LogP contribution in [0, 0.1) is 5.92 Å². The number of likely N-dealkylation sites (N-methyl/N-ethyl adjacent to an activating group) is 2. The largest absolute Gasteiger partial charge is 0.424 e. The molecule has 0 aliphatic heterocycles. The summed E-state index contributed by atoms with van der Waals surface area (Å²) in [4.78, 5) is 37.2. The van der Waals surface area contributed by atoms with E-state index in [1.807, 2.05) is 13.8 Å². The van der Waals surface area contributed by atoms with Crippen LogP contribution in [0.15, 0.2) is 0 Å². The van der Waals surface area contributed by atoms with E-state index in [0.29, 0.717) is 12.8 Å². The molecule has 0 saturated heterocycles. The van der Waals surface area contributed by atoms with Gasteiger partial charge in [0.2, 0.25) is 6.29 Å². The Morgan fingerprint density at radius 3 is 2.39 bits per heavy atom. The highest BCUT2D eigenvalue weighted by atomic mass is 16.7. The number of nitrogens with one attached hydrogen (secondary N) is 1. The second-order valence-electron chi connectivity index (χ2n) is 6.24. The third-order valence-electron chi connectivity index (χ3n) is 4.06. The first-order valence-corrected chi connectivity index (χ1v) is 8.11. The molecule has 0 spiro atoms. The molecule has 132 valence electrons. The number of carbonyl (C=O) groups is 3. The number of rotatable bonds is 6. The minimum absolute atomic E-state index is 0.0513. The number of ether oxygens (including phenoxy) is 2. The van der Waals surface area contributed by atoms with Gasteiger partial charge in [0.1, 0.15) is 6.04 Å². The number of carbonyl (C=O) groups excluding carboxylic acids is 3. The highest BCUT2D eigenvalue weighted by Crippen LogP contribution is 2.19. The molecule has 0 bridgehead atoms. The molecule has 23 heavy (non-hydrogen) atoms. The molecule has 3 unspecified atom stereocenters. The standard InChI is InChI=1S/C16H28N2O5/c1-10(2)14(17-4)15(20)22-11(3)23-16(21)18(5)12-8-6-7-9-13(12)19/h10-12,14,17H,6-9H2,1-5H3. The van der Waals surface area contributed by atoms with Gasteiger partial charge in [0.15, 0.2) is 5.78 Å². The van der Waals surface area contributed by atoms with Crippen LogP contribution in [0.3, 0.4) is 0 Å². The second kappa shape index (κ2) is 8.86. The number of hydrogen-bond acceptors (Lipinski definition) is 6. The van der Waals surface area contributed by atoms with Crippen molar-refractivity contribution in [3.8, 4) is 0 Å². The van der Waals surface area contributed by atoms with Gasteiger partial charge in [0.05, 0.1) is 6.04 Å². The Bertz CT molecular complexity index is 438. The van der Waals surface area contributed by atoms with Crippen molar-refractivity contribution in [1.29, 1.82) is 0 Å². The van der Waals surface area contributed by atoms with Gasteiger partial charge in [0.25, 0.3) is 0 Å². The summed E-state index contributed by atoms with van der Waals surface area (Å²) in [5.41, 5.74) is 0. The lowest BCUT2D eigenvalue weighted by atomic mass is 9.93. The topological polar surface area (TPSA) is 84.9 Å². The molecular formula is C16H28N2O5. The monoisotopic (exact) mass is 328 g/mol. The second-order valence-corrected chi connectivity index (χ2v) is 6.24. The van der Waals surface area contributed by atoms with E-state index < -0.39 is 30.4 Å². The number of hydrogen-bond donors (Lipinski definition) is 1. The van der Waals surface area contributed by atoms with Crippen molar-refractivity contribution in [3.05, 3.63) is 0 Å². The average Bonchev–Trinajstić information content (AvgIpc) is 2.46. The lowest BCUT2D eigenvalue weighted by molar-refractivity contribution is -0.170. The Morgan fingerprint density at radius 1 is 1.22 bits per heavy atom. The molecule has 0 aromatic rings. The smallest absolute Gasteiger partial charge is 0.413 e. The lowest BCUT2D eigenvalue weighted by Crippen LogP contribution is -2.46. The van der Waals surface area contributed by atoms with E-state index in [1.54, 1.807) is 7.05 Å². The highest BCUT2D eigenvalue weighted by Gasteiger charge is 2.31. The van der Waals surface area contributed by atoms with Gasteiger partial charge in [-0.1, -0.05) is 20.3 Å². The predicted octanol–water partition coefficient (Wildman–Crippen LogP) is 1.70. The van der Waals surface area contributed by atoms with E-state index in [-0.39, 0.29) is 11.7 Å². The molecule has 0 radical (unpaired) electrons. The van der Waals surface area contributed by atoms with Crippen LogP contribution in [0.4, 0.5) is 4.79 Å². The van der Waals surface area contributed by atoms with Gasteiger partial charge in [0, 0.05) is 20.4 Å². The molecular weight excluding hydrogens is 300 g/mol. The van der Waals surface area contributed by atoms with Crippen molar-refractivity contribution in [1.82, 2.24) is 10.2 Å². The number of Topliss-reactive ketones (excluding diaryl/α,β-unsaturated/α-hetero) is 1. The van der Waals surface area contributed by atoms with Crippen molar-refractivity contribution in [2.24, 2.45) is 5.92 Å². The van der Waals surface area contributed by atoms with Crippen LogP contribution in [0.25, 0.3) is 0 Å². The summed E-state index contributed by atoms with van der Waals surface area (Å²) >= 11 is 0. The minimum atomic E-state index is -1.01. The van der Waals surface area contributed by atoms with Crippen molar-refractivity contribution >= 4 is 17.8 Å². The first-order chi connectivity index (χ1) is 10.8. The maximum Gasteiger partial charge on any atom is 0.413 e. The minimum Gasteiger partial charge on any atom is -0.424 e. The number of ketones is 1. The Morgan fingerprint density at radius 2 is 1.87 bits per heavy atom. The van der Waals surface area contributed by atoms with Crippen LogP contribution in [0.2, 0.25) is 0 Å². The molecule has 7 nitrogen and oxygen atoms in total. The van der Waals surface area contributed by atoms with E-state index in [2.05, 4.69) is 5.32 Å². The third-order valence-corrected chi connectivity index (χ3v) is 4.06. The summed E-state index contributed by atoms with van der Waals surface area (Å²) in [5, 5.41) is 2.87. The van der Waals surface area contributed by atoms with Gasteiger partial charge in [-0.15, -0.1) is 0 Å². The van der Waals surface area contributed by atoms with Crippen molar-refractivity contribution in [3.63, 3.8) is 0 Å². The van der Waals surface area contributed by atoms with Gasteiger partial charge in [-0.05, 0) is 25.8 Å². The molecule has 0 aromatic heterocycles. The third kappa shape index (κ3) is 5.49. The molecule has 0 heterocycles. The molecule has 1 amide bonds. The van der Waals surface area contributed by atoms with Gasteiger partial charge in [-0.3, -0.25) is 9.59 Å². The van der Waals surface area contributed by atoms with E-state index in [9.17, 15) is 14.4 Å². The van der Waals surface area contributed by atoms with Crippen LogP contribution in [-0.2, 0) is 19.1 Å². The molecule has 1 fully saturated rings. The summed E-state index contributed by atoms with van der Waals surface area (Å²) < 4.78 is 10.3. The predicted molar refractivity (Wildman–Crippen MR) is 84.7 cm³/mol. The molecule has 3 atom stereocenters. The molecule has 1 N–H and O–H groups in total. The molecule has 0 aromatic carbocycles. The average molecular weight is 328 g/mol. The number of amides is 1. The zero-order chi connectivity index (χ0) is 17.6. The Balaban J connectivity index is 2.52. The summed E-state index contributed by atoms with van der Waals surface area (Å²) in [7, 11) is 3.21. The maximum absolute atomic E-state index is 12.1. The fourth-order valence-electron chi connectivity index (χ4n) is 2.71. The van der Waals surface area contributed by atoms with E-state index in [4.69, 9.17) is 9.47 Å². The lowest BCUT2D eigenvalue weighted by Gasteiger charge is -2.30. The molecule has 7 heteroatoms. The van der Waals surface area contributed by atoms with Crippen LogP contribution >= 0.6 is 0 Å². The summed E-state index contributed by atoms with van der Waals surface area (Å²) in [6, 6.07) is -0.909. The maximum atomic E-state index is 12.1. The van der Waals surface area contributed by atoms with E-state index in [1.165, 1.54) is 18.9 Å². The summed E-state index contributed by atoms with van der Waals surface area (Å²) in [6.07, 6.45) is 1.25. The molecule has 1 saturated carbocycles. The van der Waals surface area contributed by atoms with Gasteiger partial charge >= 0.3 is 12.1 Å². The summed E-state index contributed by atoms with van der Waals surface area (Å²) in [6.45, 7) is 5.27. The summed E-state index contributed by atoms with van der Waals surface area (Å²) in [5.74, 6) is -0.368. The fraction of sp³-hybridized carbons (Fsp3) is 0.812. The first-order valence-electron chi connectivity index (χ1n) is 8.11. The fourth-order valence-corrected chi connectivity index (χ4v) is 2.71. The Labute approximate surface area is 137 Å². The van der Waals surface area contributed by atoms with E-state index in [0.717, 1.165) is 12.8 Å². The van der Waals surface area contributed by atoms with Gasteiger partial charge in [-0.2, -0.15) is 0 Å². The Hall–Kier alpha value is -1.63. The van der Waals surface area contributed by atoms with E-state index >= 15 is 0 Å². The van der Waals surface area contributed by atoms with Gasteiger partial charge < -0.3 is 19.7 Å². The number of esters is 1. The zero-order valence-corrected chi connectivity index (χ0v) is 14.6. The molecule has 1 aliphatic carbocycles. The van der Waals surface area contributed by atoms with Crippen LogP contribution in [0.5, 0.6) is 0 Å². The van der Waals surface area contributed by atoms with Crippen LogP contribution in [0.1, 0.15) is 46.5 Å².